The van der Waals surface area contributed by atoms with Crippen LogP contribution in [0.25, 0.3) is 5.69 Å². The number of amides is 1. The van der Waals surface area contributed by atoms with Gasteiger partial charge in [-0.05, 0) is 70.4 Å². The van der Waals surface area contributed by atoms with E-state index in [0.29, 0.717) is 12.3 Å². The molecule has 5 rings (SSSR count). The van der Waals surface area contributed by atoms with Gasteiger partial charge in [0.2, 0.25) is 0 Å². The second-order valence-electron chi connectivity index (χ2n) is 11.2. The molecule has 2 aliphatic rings. The molecule has 3 aromatic rings. The van der Waals surface area contributed by atoms with E-state index in [0.717, 1.165) is 55.7 Å². The highest BCUT2D eigenvalue weighted by Gasteiger charge is 2.47. The summed E-state index contributed by atoms with van der Waals surface area (Å²) in [5, 5.41) is 6.26. The molecule has 2 N–H and O–H groups in total. The summed E-state index contributed by atoms with van der Waals surface area (Å²) < 4.78 is 22.5. The first-order chi connectivity index (χ1) is 20.2. The molecular weight excluding hydrogens is 533 g/mol. The van der Waals surface area contributed by atoms with E-state index in [1.54, 1.807) is 13.0 Å². The molecule has 1 aromatic heterocycles. The molecule has 2 aliphatic carbocycles. The normalized spacial score (nSPS) is 15.5. The van der Waals surface area contributed by atoms with Gasteiger partial charge in [0.05, 0.1) is 11.2 Å². The number of halogens is 1. The molecule has 42 heavy (non-hydrogen) atoms. The minimum atomic E-state index is -0.548. The van der Waals surface area contributed by atoms with Gasteiger partial charge in [-0.3, -0.25) is 19.1 Å². The highest BCUT2D eigenvalue weighted by molar-refractivity contribution is 5.95. The van der Waals surface area contributed by atoms with Crippen LogP contribution >= 0.6 is 0 Å². The fourth-order valence-corrected chi connectivity index (χ4v) is 5.06. The van der Waals surface area contributed by atoms with Gasteiger partial charge in [0.1, 0.15) is 18.2 Å². The second kappa shape index (κ2) is 12.3. The molecule has 0 atom stereocenters. The summed E-state index contributed by atoms with van der Waals surface area (Å²) in [4.78, 5) is 32.8. The van der Waals surface area contributed by atoms with Crippen molar-refractivity contribution in [1.29, 1.82) is 0 Å². The van der Waals surface area contributed by atoms with Gasteiger partial charge in [-0.15, -0.1) is 0 Å². The molecule has 0 radical (unpaired) electrons. The maximum absolute atomic E-state index is 14.9. The van der Waals surface area contributed by atoms with E-state index < -0.39 is 16.9 Å². The van der Waals surface area contributed by atoms with Crippen LogP contribution in [0.1, 0.15) is 54.1 Å². The van der Waals surface area contributed by atoms with Gasteiger partial charge < -0.3 is 15.4 Å². The van der Waals surface area contributed by atoms with Crippen molar-refractivity contribution in [2.75, 3.05) is 32.1 Å². The molecule has 9 heteroatoms. The summed E-state index contributed by atoms with van der Waals surface area (Å²) in [6, 6.07) is 10.8. The lowest BCUT2D eigenvalue weighted by atomic mass is 10.0. The maximum Gasteiger partial charge on any atom is 0.297 e. The van der Waals surface area contributed by atoms with Gasteiger partial charge in [0.15, 0.2) is 5.82 Å². The Labute approximate surface area is 245 Å². The number of benzene rings is 2. The number of aromatic nitrogens is 2. The van der Waals surface area contributed by atoms with Crippen molar-refractivity contribution in [3.63, 3.8) is 0 Å². The van der Waals surface area contributed by atoms with Crippen LogP contribution in [-0.4, -0.2) is 53.1 Å². The number of hydrogen-bond donors (Lipinski definition) is 2. The first-order valence-corrected chi connectivity index (χ1v) is 14.4. The van der Waals surface area contributed by atoms with Crippen LogP contribution in [0, 0.1) is 12.7 Å². The minimum absolute atomic E-state index is 0.135. The largest absolute Gasteiger partial charge is 0.492 e. The van der Waals surface area contributed by atoms with Gasteiger partial charge in [-0.2, -0.15) is 0 Å². The average Bonchev–Trinajstić information content (AvgIpc) is 3.90. The van der Waals surface area contributed by atoms with Crippen LogP contribution in [0.3, 0.4) is 0 Å². The highest BCUT2D eigenvalue weighted by Crippen LogP contribution is 2.50. The summed E-state index contributed by atoms with van der Waals surface area (Å²) in [7, 11) is 2.03. The van der Waals surface area contributed by atoms with Crippen molar-refractivity contribution < 1.29 is 13.9 Å². The van der Waals surface area contributed by atoms with Crippen molar-refractivity contribution in [1.82, 2.24) is 19.8 Å². The Morgan fingerprint density at radius 3 is 2.76 bits per heavy atom. The number of nitrogens with zero attached hydrogens (tertiary/aromatic N) is 3. The lowest BCUT2D eigenvalue weighted by Crippen LogP contribution is -2.30. The maximum atomic E-state index is 14.9. The predicted octanol–water partition coefficient (Wildman–Crippen LogP) is 5.12. The van der Waals surface area contributed by atoms with Crippen molar-refractivity contribution >= 4 is 11.7 Å². The number of nitrogens with one attached hydrogen (secondary N) is 2. The van der Waals surface area contributed by atoms with E-state index in [9.17, 15) is 14.0 Å². The lowest BCUT2D eigenvalue weighted by Gasteiger charge is -2.23. The molecule has 0 spiro atoms. The Morgan fingerprint density at radius 2 is 2.05 bits per heavy atom. The number of rotatable bonds is 13. The number of carbonyl (C=O) groups is 1. The monoisotopic (exact) mass is 571 g/mol. The number of likely N-dealkylation sites (N-methyl/N-ethyl adjacent to an activating group) is 1. The Bertz CT molecular complexity index is 1570. The molecule has 2 fully saturated rings. The third-order valence-corrected chi connectivity index (χ3v) is 7.71. The summed E-state index contributed by atoms with van der Waals surface area (Å²) in [6.07, 6.45) is 10.4. The van der Waals surface area contributed by atoms with Crippen molar-refractivity contribution in [3.8, 4) is 11.4 Å². The smallest absolute Gasteiger partial charge is 0.297 e. The number of anilines is 1. The van der Waals surface area contributed by atoms with E-state index in [1.165, 1.54) is 23.0 Å². The van der Waals surface area contributed by atoms with E-state index in [2.05, 4.69) is 27.1 Å². The van der Waals surface area contributed by atoms with Crippen LogP contribution in [0.5, 0.6) is 5.75 Å². The van der Waals surface area contributed by atoms with E-state index in [4.69, 9.17) is 4.74 Å². The third-order valence-electron chi connectivity index (χ3n) is 7.71. The number of allylic oxidation sites excluding steroid dienone is 1. The SMILES string of the molecule is C=C(/C=C\C)CN(C)CCOc1ccccc1C1(Nc2nccn(-c3cc(C(=O)NC4CC4)cc(F)c3C)c2=O)CC1. The zero-order valence-corrected chi connectivity index (χ0v) is 24.5. The number of hydrogen-bond acceptors (Lipinski definition) is 6. The molecule has 0 saturated heterocycles. The first-order valence-electron chi connectivity index (χ1n) is 14.4. The number of para-hydroxylation sites is 1. The average molecular weight is 572 g/mol. The molecule has 8 nitrogen and oxygen atoms in total. The molecule has 220 valence electrons. The van der Waals surface area contributed by atoms with Gasteiger partial charge in [-0.25, -0.2) is 9.37 Å². The van der Waals surface area contributed by atoms with Crippen LogP contribution in [-0.2, 0) is 5.54 Å². The molecule has 1 heterocycles. The van der Waals surface area contributed by atoms with Crippen LogP contribution < -0.4 is 20.9 Å². The Hall–Kier alpha value is -4.24. The van der Waals surface area contributed by atoms with E-state index >= 15 is 0 Å². The third kappa shape index (κ3) is 6.62. The zero-order chi connectivity index (χ0) is 29.9. The van der Waals surface area contributed by atoms with Crippen LogP contribution in [0.4, 0.5) is 10.2 Å². The van der Waals surface area contributed by atoms with Crippen LogP contribution in [0.15, 0.2) is 77.9 Å². The quantitative estimate of drug-likeness (QED) is 0.277. The van der Waals surface area contributed by atoms with Crippen LogP contribution in [0.2, 0.25) is 0 Å². The number of carbonyl (C=O) groups excluding carboxylic acids is 1. The Kier molecular flexibility index (Phi) is 8.59. The summed E-state index contributed by atoms with van der Waals surface area (Å²) >= 11 is 0. The standard InChI is InChI=1S/C33H38FN5O3/c1-5-8-22(2)21-38(4)17-18-42-29-10-7-6-9-26(29)33(13-14-33)37-30-32(41)39(16-15-35-30)28-20-24(19-27(34)23(28)3)31(40)36-25-11-12-25/h5-10,15-16,19-20,25H,2,11-14,17-18,21H2,1,3-4H3,(H,35,37)(H,36,40)/b8-5-. The predicted molar refractivity (Wildman–Crippen MR) is 163 cm³/mol. The summed E-state index contributed by atoms with van der Waals surface area (Å²) in [6.45, 7) is 9.61. The molecule has 1 amide bonds. The Balaban J connectivity index is 1.35. The van der Waals surface area contributed by atoms with E-state index in [1.807, 2.05) is 50.4 Å². The first kappa shape index (κ1) is 29.3. The van der Waals surface area contributed by atoms with Crippen molar-refractivity contribution in [3.05, 3.63) is 106 Å². The van der Waals surface area contributed by atoms with Gasteiger partial charge in [-0.1, -0.05) is 36.9 Å². The lowest BCUT2D eigenvalue weighted by molar-refractivity contribution is 0.0950. The minimum Gasteiger partial charge on any atom is -0.492 e. The fraction of sp³-hybridized carbons (Fsp3) is 0.364. The topological polar surface area (TPSA) is 88.5 Å². The Morgan fingerprint density at radius 1 is 1.29 bits per heavy atom. The van der Waals surface area contributed by atoms with E-state index in [-0.39, 0.29) is 28.9 Å². The molecule has 0 unspecified atom stereocenters. The highest BCUT2D eigenvalue weighted by atomic mass is 19.1. The summed E-state index contributed by atoms with van der Waals surface area (Å²) in [5.41, 5.74) is 1.84. The molecule has 0 bridgehead atoms. The summed E-state index contributed by atoms with van der Waals surface area (Å²) in [5.74, 6) is 0.0140. The molecular formula is C33H38FN5O3. The van der Waals surface area contributed by atoms with Gasteiger partial charge in [0.25, 0.3) is 11.5 Å². The molecule has 0 aliphatic heterocycles. The van der Waals surface area contributed by atoms with Crippen molar-refractivity contribution in [2.45, 2.75) is 51.1 Å². The molecule has 2 saturated carbocycles. The van der Waals surface area contributed by atoms with Crippen molar-refractivity contribution in [2.24, 2.45) is 0 Å². The second-order valence-corrected chi connectivity index (χ2v) is 11.2. The van der Waals surface area contributed by atoms with Gasteiger partial charge in [0, 0.05) is 48.2 Å². The molecule has 2 aromatic carbocycles. The van der Waals surface area contributed by atoms with Gasteiger partial charge >= 0.3 is 0 Å². The zero-order valence-electron chi connectivity index (χ0n) is 24.5. The number of ether oxygens (including phenoxy) is 1. The fourth-order valence-electron chi connectivity index (χ4n) is 5.06.